The summed E-state index contributed by atoms with van der Waals surface area (Å²) >= 11 is 0. The Balaban J connectivity index is 2.54. The zero-order valence-corrected chi connectivity index (χ0v) is 10.7. The molecule has 5 heteroatoms. The predicted octanol–water partition coefficient (Wildman–Crippen LogP) is 0.702. The Labute approximate surface area is 102 Å². The Morgan fingerprint density at radius 1 is 1.47 bits per heavy atom. The number of aliphatic hydroxyl groups is 1. The number of carbonyl (C=O) groups is 2. The quantitative estimate of drug-likeness (QED) is 0.725. The van der Waals surface area contributed by atoms with Crippen LogP contribution in [0.15, 0.2) is 0 Å². The minimum atomic E-state index is -0.972. The van der Waals surface area contributed by atoms with Crippen molar-refractivity contribution in [1.82, 2.24) is 4.90 Å². The summed E-state index contributed by atoms with van der Waals surface area (Å²) in [6.45, 7) is 5.78. The second-order valence-corrected chi connectivity index (χ2v) is 5.36. The van der Waals surface area contributed by atoms with E-state index in [4.69, 9.17) is 4.74 Å². The van der Waals surface area contributed by atoms with Gasteiger partial charge in [0.1, 0.15) is 18.2 Å². The fraction of sp³-hybridized carbons (Fsp3) is 0.833. The second kappa shape index (κ2) is 5.49. The molecule has 0 radical (unpaired) electrons. The summed E-state index contributed by atoms with van der Waals surface area (Å²) in [5.74, 6) is -0.798. The number of nitrogens with zero attached hydrogens (tertiary/aromatic N) is 1. The van der Waals surface area contributed by atoms with Gasteiger partial charge < -0.3 is 14.7 Å². The lowest BCUT2D eigenvalue weighted by Crippen LogP contribution is -2.42. The van der Waals surface area contributed by atoms with Gasteiger partial charge in [0, 0.05) is 6.54 Å². The number of esters is 1. The molecule has 0 aromatic carbocycles. The van der Waals surface area contributed by atoms with Crippen molar-refractivity contribution in [3.8, 4) is 0 Å². The number of hydrogen-bond acceptors (Lipinski definition) is 4. The third-order valence-electron chi connectivity index (χ3n) is 2.49. The molecule has 1 aliphatic rings. The highest BCUT2D eigenvalue weighted by atomic mass is 16.6. The van der Waals surface area contributed by atoms with Crippen LogP contribution in [0.2, 0.25) is 0 Å². The van der Waals surface area contributed by atoms with Crippen molar-refractivity contribution in [2.45, 2.75) is 51.7 Å². The van der Waals surface area contributed by atoms with Gasteiger partial charge in [-0.1, -0.05) is 0 Å². The molecule has 0 bridgehead atoms. The number of aliphatic hydroxyl groups excluding tert-OH is 1. The SMILES string of the molecule is CC(C)(C)OC(=O)CN1CCCC[C@@H](O)C1=O. The van der Waals surface area contributed by atoms with Gasteiger partial charge in [0.05, 0.1) is 0 Å². The molecule has 0 saturated carbocycles. The lowest BCUT2D eigenvalue weighted by Gasteiger charge is -2.24. The molecular formula is C12H21NO4. The number of hydrogen-bond donors (Lipinski definition) is 1. The molecule has 1 amide bonds. The van der Waals surface area contributed by atoms with Crippen LogP contribution < -0.4 is 0 Å². The molecule has 1 saturated heterocycles. The first-order valence-electron chi connectivity index (χ1n) is 5.98. The molecule has 1 N–H and O–H groups in total. The Hall–Kier alpha value is -1.10. The maximum Gasteiger partial charge on any atom is 0.326 e. The normalized spacial score (nSPS) is 22.2. The smallest absolute Gasteiger partial charge is 0.326 e. The fourth-order valence-electron chi connectivity index (χ4n) is 1.77. The number of amides is 1. The monoisotopic (exact) mass is 243 g/mol. The molecule has 0 aromatic rings. The third-order valence-corrected chi connectivity index (χ3v) is 2.49. The molecule has 17 heavy (non-hydrogen) atoms. The van der Waals surface area contributed by atoms with Gasteiger partial charge in [-0.2, -0.15) is 0 Å². The first-order valence-corrected chi connectivity index (χ1v) is 5.98. The predicted molar refractivity (Wildman–Crippen MR) is 62.3 cm³/mol. The second-order valence-electron chi connectivity index (χ2n) is 5.36. The van der Waals surface area contributed by atoms with Gasteiger partial charge in [-0.3, -0.25) is 9.59 Å². The third kappa shape index (κ3) is 4.73. The van der Waals surface area contributed by atoms with Crippen molar-refractivity contribution < 1.29 is 19.4 Å². The minimum absolute atomic E-state index is 0.0762. The van der Waals surface area contributed by atoms with E-state index in [-0.39, 0.29) is 12.5 Å². The van der Waals surface area contributed by atoms with E-state index in [0.717, 1.165) is 12.8 Å². The summed E-state index contributed by atoms with van der Waals surface area (Å²) in [5, 5.41) is 9.53. The highest BCUT2D eigenvalue weighted by Crippen LogP contribution is 2.13. The van der Waals surface area contributed by atoms with Gasteiger partial charge in [-0.05, 0) is 40.0 Å². The molecule has 1 heterocycles. The Morgan fingerprint density at radius 3 is 2.71 bits per heavy atom. The van der Waals surface area contributed by atoms with E-state index < -0.39 is 17.7 Å². The van der Waals surface area contributed by atoms with Gasteiger partial charge >= 0.3 is 5.97 Å². The van der Waals surface area contributed by atoms with Crippen LogP contribution >= 0.6 is 0 Å². The minimum Gasteiger partial charge on any atom is -0.459 e. The lowest BCUT2D eigenvalue weighted by atomic mass is 10.2. The highest BCUT2D eigenvalue weighted by molar-refractivity contribution is 5.85. The van der Waals surface area contributed by atoms with Gasteiger partial charge in [-0.25, -0.2) is 0 Å². The van der Waals surface area contributed by atoms with Crippen LogP contribution in [0, 0.1) is 0 Å². The maximum atomic E-state index is 11.7. The number of ether oxygens (including phenoxy) is 1. The van der Waals surface area contributed by atoms with Crippen LogP contribution in [0.4, 0.5) is 0 Å². The number of likely N-dealkylation sites (tertiary alicyclic amines) is 1. The van der Waals surface area contributed by atoms with Crippen molar-refractivity contribution in [2.75, 3.05) is 13.1 Å². The van der Waals surface area contributed by atoms with Gasteiger partial charge in [0.2, 0.25) is 0 Å². The zero-order chi connectivity index (χ0) is 13.1. The summed E-state index contributed by atoms with van der Waals surface area (Å²) < 4.78 is 5.15. The van der Waals surface area contributed by atoms with E-state index in [1.807, 2.05) is 0 Å². The largest absolute Gasteiger partial charge is 0.459 e. The topological polar surface area (TPSA) is 66.8 Å². The van der Waals surface area contributed by atoms with Crippen molar-refractivity contribution in [1.29, 1.82) is 0 Å². The summed E-state index contributed by atoms with van der Waals surface area (Å²) in [6.07, 6.45) is 1.12. The average Bonchev–Trinajstić information content (AvgIpc) is 2.30. The Morgan fingerprint density at radius 2 is 2.12 bits per heavy atom. The van der Waals surface area contributed by atoms with Gasteiger partial charge in [-0.15, -0.1) is 0 Å². The highest BCUT2D eigenvalue weighted by Gasteiger charge is 2.28. The van der Waals surface area contributed by atoms with E-state index in [0.29, 0.717) is 13.0 Å². The first-order chi connectivity index (χ1) is 7.79. The fourth-order valence-corrected chi connectivity index (χ4v) is 1.77. The van der Waals surface area contributed by atoms with Gasteiger partial charge in [0.25, 0.3) is 5.91 Å². The molecule has 1 aliphatic heterocycles. The standard InChI is InChI=1S/C12H21NO4/c1-12(2,3)17-10(15)8-13-7-5-4-6-9(14)11(13)16/h9,14H,4-8H2,1-3H3/t9-/m1/s1. The van der Waals surface area contributed by atoms with E-state index >= 15 is 0 Å². The molecule has 98 valence electrons. The lowest BCUT2D eigenvalue weighted by molar-refractivity contribution is -0.160. The van der Waals surface area contributed by atoms with Crippen LogP contribution in [-0.2, 0) is 14.3 Å². The molecule has 0 aliphatic carbocycles. The van der Waals surface area contributed by atoms with Crippen molar-refractivity contribution in [3.63, 3.8) is 0 Å². The molecular weight excluding hydrogens is 222 g/mol. The van der Waals surface area contributed by atoms with E-state index in [9.17, 15) is 14.7 Å². The van der Waals surface area contributed by atoms with Crippen molar-refractivity contribution in [2.24, 2.45) is 0 Å². The van der Waals surface area contributed by atoms with Crippen LogP contribution in [-0.4, -0.2) is 46.7 Å². The molecule has 0 spiro atoms. The summed E-state index contributed by atoms with van der Waals surface area (Å²) in [7, 11) is 0. The van der Waals surface area contributed by atoms with E-state index in [1.54, 1.807) is 20.8 Å². The molecule has 1 fully saturated rings. The van der Waals surface area contributed by atoms with Crippen molar-refractivity contribution in [3.05, 3.63) is 0 Å². The average molecular weight is 243 g/mol. The molecule has 0 aromatic heterocycles. The van der Waals surface area contributed by atoms with Crippen LogP contribution in [0.3, 0.4) is 0 Å². The first kappa shape index (κ1) is 14.0. The van der Waals surface area contributed by atoms with Gasteiger partial charge in [0.15, 0.2) is 0 Å². The van der Waals surface area contributed by atoms with Crippen LogP contribution in [0.1, 0.15) is 40.0 Å². The van der Waals surface area contributed by atoms with Crippen LogP contribution in [0.5, 0.6) is 0 Å². The maximum absolute atomic E-state index is 11.7. The Bertz CT molecular complexity index is 295. The summed E-state index contributed by atoms with van der Waals surface area (Å²) in [5.41, 5.74) is -0.551. The van der Waals surface area contributed by atoms with E-state index in [1.165, 1.54) is 4.90 Å². The molecule has 5 nitrogen and oxygen atoms in total. The molecule has 0 unspecified atom stereocenters. The number of rotatable bonds is 2. The molecule has 1 atom stereocenters. The zero-order valence-electron chi connectivity index (χ0n) is 10.7. The number of carbonyl (C=O) groups excluding carboxylic acids is 2. The van der Waals surface area contributed by atoms with E-state index in [2.05, 4.69) is 0 Å². The van der Waals surface area contributed by atoms with Crippen molar-refractivity contribution >= 4 is 11.9 Å². The molecule has 1 rings (SSSR count). The van der Waals surface area contributed by atoms with Crippen LogP contribution in [0.25, 0.3) is 0 Å². The summed E-state index contributed by atoms with van der Waals surface area (Å²) in [4.78, 5) is 24.7. The Kier molecular flexibility index (Phi) is 4.51. The summed E-state index contributed by atoms with van der Waals surface area (Å²) in [6, 6.07) is 0.